The maximum atomic E-state index is 14.7. The molecule has 5 N–H and O–H groups in total. The number of amides is 5. The number of aromatic nitrogens is 1. The van der Waals surface area contributed by atoms with Crippen LogP contribution in [0.1, 0.15) is 65.2 Å². The van der Waals surface area contributed by atoms with Crippen LogP contribution >= 0.6 is 0 Å². The van der Waals surface area contributed by atoms with E-state index in [0.29, 0.717) is 26.2 Å². The number of hydrazine groups is 1. The third-order valence-electron chi connectivity index (χ3n) is 11.7. The average molecular weight is 1040 g/mol. The minimum Gasteiger partial charge on any atom is -0.458 e. The van der Waals surface area contributed by atoms with Gasteiger partial charge in [0.25, 0.3) is 5.91 Å². The smallest absolute Gasteiger partial charge is 0.407 e. The zero-order valence-corrected chi connectivity index (χ0v) is 44.9. The number of nitrogens with zero attached hydrogens (tertiary/aromatic N) is 2. The van der Waals surface area contributed by atoms with E-state index in [9.17, 15) is 28.8 Å². The Morgan fingerprint density at radius 3 is 1.73 bits per heavy atom. The highest BCUT2D eigenvalue weighted by Crippen LogP contribution is 2.23. The van der Waals surface area contributed by atoms with Gasteiger partial charge < -0.3 is 49.7 Å². The second-order valence-electron chi connectivity index (χ2n) is 20.1. The molecule has 19 nitrogen and oxygen atoms in total. The molecular weight excluding hydrogens is 963 g/mol. The number of pyridine rings is 1. The van der Waals surface area contributed by atoms with Gasteiger partial charge in [0.05, 0.1) is 58.9 Å². The third-order valence-corrected chi connectivity index (χ3v) is 11.7. The lowest BCUT2D eigenvalue weighted by Crippen LogP contribution is -2.59. The van der Waals surface area contributed by atoms with Crippen LogP contribution in [0.15, 0.2) is 109 Å². The summed E-state index contributed by atoms with van der Waals surface area (Å²) in [5.41, 5.74) is 5.32. The summed E-state index contributed by atoms with van der Waals surface area (Å²) in [5, 5.41) is 12.6. The minimum atomic E-state index is -1.21. The van der Waals surface area contributed by atoms with Crippen molar-refractivity contribution in [2.75, 3.05) is 67.0 Å². The maximum absolute atomic E-state index is 14.7. The Balaban J connectivity index is 1.67. The summed E-state index contributed by atoms with van der Waals surface area (Å²) in [4.78, 5) is 87.3. The van der Waals surface area contributed by atoms with E-state index < -0.39 is 70.9 Å². The van der Waals surface area contributed by atoms with Crippen LogP contribution in [-0.2, 0) is 67.0 Å². The van der Waals surface area contributed by atoms with E-state index in [1.54, 1.807) is 61.8 Å². The van der Waals surface area contributed by atoms with Crippen molar-refractivity contribution in [2.45, 2.75) is 92.1 Å². The first-order valence-electron chi connectivity index (χ1n) is 25.1. The summed E-state index contributed by atoms with van der Waals surface area (Å²) in [5.74, 6) is -2.93. The molecule has 1 heterocycles. The summed E-state index contributed by atoms with van der Waals surface area (Å²) in [6.07, 6.45) is -0.698. The van der Waals surface area contributed by atoms with Crippen LogP contribution < -0.4 is 26.7 Å². The van der Waals surface area contributed by atoms with Gasteiger partial charge in [-0.25, -0.2) is 19.4 Å². The van der Waals surface area contributed by atoms with Gasteiger partial charge in [0.15, 0.2) is 0 Å². The van der Waals surface area contributed by atoms with E-state index in [0.717, 1.165) is 27.9 Å². The van der Waals surface area contributed by atoms with Crippen LogP contribution in [0.5, 0.6) is 0 Å². The number of hydrogen-bond acceptors (Lipinski definition) is 14. The first kappa shape index (κ1) is 60.6. The predicted molar refractivity (Wildman–Crippen MR) is 283 cm³/mol. The summed E-state index contributed by atoms with van der Waals surface area (Å²) < 4.78 is 32.4. The van der Waals surface area contributed by atoms with E-state index >= 15 is 0 Å². The Morgan fingerprint density at radius 2 is 1.16 bits per heavy atom. The van der Waals surface area contributed by atoms with E-state index in [-0.39, 0.29) is 51.8 Å². The van der Waals surface area contributed by atoms with Crippen LogP contribution in [0.3, 0.4) is 0 Å². The van der Waals surface area contributed by atoms with Gasteiger partial charge in [0.2, 0.25) is 11.8 Å². The number of carbonyl (C=O) groups excluding carboxylic acids is 6. The first-order valence-corrected chi connectivity index (χ1v) is 25.1. The Hall–Kier alpha value is -6.93. The number of esters is 1. The van der Waals surface area contributed by atoms with Gasteiger partial charge in [0, 0.05) is 37.8 Å². The lowest BCUT2D eigenvalue weighted by molar-refractivity contribution is -0.155. The van der Waals surface area contributed by atoms with Crippen molar-refractivity contribution in [3.05, 3.63) is 126 Å². The van der Waals surface area contributed by atoms with Crippen LogP contribution in [0, 0.1) is 16.7 Å². The highest BCUT2D eigenvalue weighted by atomic mass is 16.6. The molecule has 3 aromatic carbocycles. The highest BCUT2D eigenvalue weighted by Gasteiger charge is 2.37. The number of nitrogens with one attached hydrogen (secondary N) is 5. The molecule has 5 atom stereocenters. The molecule has 75 heavy (non-hydrogen) atoms. The SMILES string of the molecule is COCCOCCOCCOC(=O)NC(C(=O)NCC(CN(Cc1ccc(-c2ccccn2)cc1)NC(=O)C(NC(=O)OC)C(C)(C)C)OC(=O)C(Cc1ccccc1)NC(=O)C(C)Cc1ccccc1)C(C)(C)C. The largest absolute Gasteiger partial charge is 0.458 e. The molecule has 0 saturated heterocycles. The number of hydrogen-bond donors (Lipinski definition) is 5. The van der Waals surface area contributed by atoms with Crippen LogP contribution in [0.4, 0.5) is 9.59 Å². The molecule has 1 aromatic heterocycles. The van der Waals surface area contributed by atoms with Gasteiger partial charge in [-0.2, -0.15) is 0 Å². The highest BCUT2D eigenvalue weighted by molar-refractivity contribution is 5.88. The number of ether oxygens (including phenoxy) is 6. The minimum absolute atomic E-state index is 0.0507. The fourth-order valence-corrected chi connectivity index (χ4v) is 7.62. The van der Waals surface area contributed by atoms with Crippen LogP contribution in [0.2, 0.25) is 0 Å². The molecule has 0 saturated carbocycles. The molecule has 4 rings (SSSR count). The molecule has 0 spiro atoms. The third kappa shape index (κ3) is 22.2. The maximum Gasteiger partial charge on any atom is 0.407 e. The monoisotopic (exact) mass is 1040 g/mol. The fourth-order valence-electron chi connectivity index (χ4n) is 7.62. The number of rotatable bonds is 29. The van der Waals surface area contributed by atoms with E-state index in [1.165, 1.54) is 12.1 Å². The standard InChI is InChI=1S/C56H77N7O12/c1-39(34-40-18-12-10-13-19-40)49(64)59-46(35-41-20-14-11-15-21-41)52(67)75-44(36-58-50(65)47(55(2,3)4)61-54(69)74-33-32-73-31-30-72-29-28-70-8)38-63(62-51(66)48(56(5,6)7)60-53(68)71-9)37-42-23-25-43(26-24-42)45-22-16-17-27-57-45/h10-27,39,44,46-48H,28-38H2,1-9H3,(H,58,65)(H,59,64)(H,60,68)(H,61,69)(H,62,66). The van der Waals surface area contributed by atoms with Crippen molar-refractivity contribution in [3.63, 3.8) is 0 Å². The summed E-state index contributed by atoms with van der Waals surface area (Å²) in [6, 6.07) is 28.4. The summed E-state index contributed by atoms with van der Waals surface area (Å²) in [7, 11) is 2.77. The Bertz CT molecular complexity index is 2370. The second kappa shape index (κ2) is 31.1. The number of benzene rings is 3. The number of carbonyl (C=O) groups is 6. The molecular formula is C56H77N7O12. The molecule has 0 aliphatic carbocycles. The molecule has 0 aliphatic heterocycles. The van der Waals surface area contributed by atoms with Gasteiger partial charge in [-0.3, -0.25) is 24.8 Å². The van der Waals surface area contributed by atoms with Crippen molar-refractivity contribution in [1.29, 1.82) is 0 Å². The quantitative estimate of drug-likeness (QED) is 0.0187. The lowest BCUT2D eigenvalue weighted by Gasteiger charge is -2.34. The predicted octanol–water partition coefficient (Wildman–Crippen LogP) is 5.81. The molecule has 0 fully saturated rings. The van der Waals surface area contributed by atoms with Crippen molar-refractivity contribution in [1.82, 2.24) is 36.7 Å². The number of alkyl carbamates (subject to hydrolysis) is 2. The average Bonchev–Trinajstić information content (AvgIpc) is 3.38. The zero-order chi connectivity index (χ0) is 54.8. The van der Waals surface area contributed by atoms with Gasteiger partial charge >= 0.3 is 18.2 Å². The molecule has 5 amide bonds. The fraction of sp³-hybridized carbons (Fsp3) is 0.482. The van der Waals surface area contributed by atoms with Crippen LogP contribution in [-0.4, -0.2) is 137 Å². The van der Waals surface area contributed by atoms with Gasteiger partial charge in [-0.15, -0.1) is 0 Å². The van der Waals surface area contributed by atoms with Gasteiger partial charge in [0.1, 0.15) is 30.8 Å². The normalized spacial score (nSPS) is 13.5. The zero-order valence-electron chi connectivity index (χ0n) is 44.9. The molecule has 0 bridgehead atoms. The number of methoxy groups -OCH3 is 2. The molecule has 0 radical (unpaired) electrons. The van der Waals surface area contributed by atoms with Gasteiger partial charge in [-0.05, 0) is 46.1 Å². The Morgan fingerprint density at radius 1 is 0.600 bits per heavy atom. The molecule has 4 aromatic rings. The molecule has 5 unspecified atom stereocenters. The van der Waals surface area contributed by atoms with Crippen molar-refractivity contribution < 1.29 is 57.2 Å². The Kier molecular flexibility index (Phi) is 25.1. The molecule has 408 valence electrons. The topological polar surface area (TPSA) is 234 Å². The summed E-state index contributed by atoms with van der Waals surface area (Å²) >= 11 is 0. The molecule has 19 heteroatoms. The van der Waals surface area contributed by atoms with E-state index in [1.807, 2.05) is 103 Å². The van der Waals surface area contributed by atoms with E-state index in [2.05, 4.69) is 31.7 Å². The van der Waals surface area contributed by atoms with E-state index in [4.69, 9.17) is 28.4 Å². The second-order valence-corrected chi connectivity index (χ2v) is 20.1. The van der Waals surface area contributed by atoms with Crippen molar-refractivity contribution in [2.24, 2.45) is 16.7 Å². The first-order chi connectivity index (χ1) is 35.8. The van der Waals surface area contributed by atoms with Gasteiger partial charge in [-0.1, -0.05) is 139 Å². The Labute approximate surface area is 441 Å². The van der Waals surface area contributed by atoms with Crippen molar-refractivity contribution in [3.8, 4) is 11.3 Å². The lowest BCUT2D eigenvalue weighted by atomic mass is 9.86. The van der Waals surface area contributed by atoms with Crippen molar-refractivity contribution >= 4 is 35.9 Å². The summed E-state index contributed by atoms with van der Waals surface area (Å²) in [6.45, 7) is 13.4. The molecule has 0 aliphatic rings. The van der Waals surface area contributed by atoms with Crippen LogP contribution in [0.25, 0.3) is 11.3 Å².